The topological polar surface area (TPSA) is 42.1 Å². The number of nitrogen functional groups attached to an aromatic ring is 1. The van der Waals surface area contributed by atoms with E-state index in [1.54, 1.807) is 17.5 Å². The Morgan fingerprint density at radius 2 is 2.29 bits per heavy atom. The van der Waals surface area contributed by atoms with Gasteiger partial charge in [-0.2, -0.15) is 11.3 Å². The van der Waals surface area contributed by atoms with E-state index in [-0.39, 0.29) is 0 Å². The molecular weight excluding hydrogens is 230 g/mol. The Labute approximate surface area is 105 Å². The van der Waals surface area contributed by atoms with Crippen molar-refractivity contribution < 1.29 is 0 Å². The minimum atomic E-state index is 0.652. The molecule has 0 bridgehead atoms. The third-order valence-electron chi connectivity index (χ3n) is 3.06. The Morgan fingerprint density at radius 1 is 1.41 bits per heavy atom. The van der Waals surface area contributed by atoms with Crippen molar-refractivity contribution in [1.82, 2.24) is 4.98 Å². The maximum atomic E-state index is 6.01. The molecule has 17 heavy (non-hydrogen) atoms. The van der Waals surface area contributed by atoms with Gasteiger partial charge in [0, 0.05) is 18.8 Å². The number of nitrogens with two attached hydrogens (primary N) is 1. The van der Waals surface area contributed by atoms with E-state index in [2.05, 4.69) is 26.7 Å². The molecule has 1 aliphatic rings. The Balaban J connectivity index is 1.88. The van der Waals surface area contributed by atoms with Gasteiger partial charge in [0.25, 0.3) is 0 Å². The number of pyridine rings is 1. The molecule has 2 heterocycles. The van der Waals surface area contributed by atoms with Gasteiger partial charge in [-0.05, 0) is 41.3 Å². The first-order chi connectivity index (χ1) is 8.34. The van der Waals surface area contributed by atoms with Crippen LogP contribution < -0.4 is 10.6 Å². The van der Waals surface area contributed by atoms with Crippen molar-refractivity contribution in [3.8, 4) is 0 Å². The zero-order chi connectivity index (χ0) is 11.7. The summed E-state index contributed by atoms with van der Waals surface area (Å²) in [6.07, 6.45) is 6.09. The van der Waals surface area contributed by atoms with E-state index >= 15 is 0 Å². The fraction of sp³-hybridized carbons (Fsp3) is 0.308. The van der Waals surface area contributed by atoms with Crippen LogP contribution in [0.4, 0.5) is 11.4 Å². The molecule has 2 N–H and O–H groups in total. The highest BCUT2D eigenvalue weighted by Crippen LogP contribution is 2.35. The average Bonchev–Trinajstić information content (AvgIpc) is 3.05. The van der Waals surface area contributed by atoms with Crippen LogP contribution in [0.1, 0.15) is 18.4 Å². The van der Waals surface area contributed by atoms with Crippen LogP contribution in [0.15, 0.2) is 35.3 Å². The molecule has 1 aliphatic carbocycles. The van der Waals surface area contributed by atoms with Gasteiger partial charge in [-0.25, -0.2) is 0 Å². The average molecular weight is 245 g/mol. The van der Waals surface area contributed by atoms with Gasteiger partial charge in [-0.3, -0.25) is 4.98 Å². The lowest BCUT2D eigenvalue weighted by Gasteiger charge is -2.25. The van der Waals surface area contributed by atoms with Gasteiger partial charge < -0.3 is 10.6 Å². The summed E-state index contributed by atoms with van der Waals surface area (Å²) in [7, 11) is 0. The van der Waals surface area contributed by atoms with E-state index in [0.29, 0.717) is 6.04 Å². The number of hydrogen-bond donors (Lipinski definition) is 1. The second-order valence-corrected chi connectivity index (χ2v) is 5.21. The summed E-state index contributed by atoms with van der Waals surface area (Å²) >= 11 is 1.74. The first kappa shape index (κ1) is 10.6. The Hall–Kier alpha value is -1.55. The van der Waals surface area contributed by atoms with Crippen molar-refractivity contribution in [3.05, 3.63) is 40.8 Å². The Morgan fingerprint density at radius 3 is 2.94 bits per heavy atom. The summed E-state index contributed by atoms with van der Waals surface area (Å²) < 4.78 is 0. The van der Waals surface area contributed by atoms with Gasteiger partial charge in [0.15, 0.2) is 0 Å². The lowest BCUT2D eigenvalue weighted by Crippen LogP contribution is -2.25. The van der Waals surface area contributed by atoms with Gasteiger partial charge in [-0.1, -0.05) is 0 Å². The van der Waals surface area contributed by atoms with Crippen LogP contribution in [0, 0.1) is 0 Å². The molecule has 0 radical (unpaired) electrons. The zero-order valence-corrected chi connectivity index (χ0v) is 10.4. The molecule has 1 saturated carbocycles. The van der Waals surface area contributed by atoms with E-state index in [0.717, 1.165) is 17.9 Å². The van der Waals surface area contributed by atoms with Crippen molar-refractivity contribution >= 4 is 22.7 Å². The number of anilines is 2. The fourth-order valence-electron chi connectivity index (χ4n) is 2.04. The summed E-state index contributed by atoms with van der Waals surface area (Å²) in [5.41, 5.74) is 9.27. The summed E-state index contributed by atoms with van der Waals surface area (Å²) in [5, 5.41) is 4.32. The largest absolute Gasteiger partial charge is 0.396 e. The van der Waals surface area contributed by atoms with Crippen LogP contribution in [-0.4, -0.2) is 11.0 Å². The van der Waals surface area contributed by atoms with Crippen LogP contribution in [0.5, 0.6) is 0 Å². The van der Waals surface area contributed by atoms with Crippen LogP contribution in [0.3, 0.4) is 0 Å². The summed E-state index contributed by atoms with van der Waals surface area (Å²) in [6.45, 7) is 0.947. The minimum absolute atomic E-state index is 0.652. The summed E-state index contributed by atoms with van der Waals surface area (Å²) in [6, 6.07) is 4.84. The molecule has 0 aromatic carbocycles. The molecule has 1 fully saturated rings. The van der Waals surface area contributed by atoms with Gasteiger partial charge in [0.1, 0.15) is 0 Å². The Bertz CT molecular complexity index is 491. The second kappa shape index (κ2) is 4.37. The standard InChI is InChI=1S/C13H15N3S/c14-12-7-15-5-3-13(12)16(11-1-2-11)8-10-4-6-17-9-10/h3-7,9,11H,1-2,8,14H2. The van der Waals surface area contributed by atoms with Gasteiger partial charge in [0.2, 0.25) is 0 Å². The number of thiophene rings is 1. The summed E-state index contributed by atoms with van der Waals surface area (Å²) in [5.74, 6) is 0. The number of rotatable bonds is 4. The smallest absolute Gasteiger partial charge is 0.0738 e. The molecule has 0 spiro atoms. The van der Waals surface area contributed by atoms with E-state index in [4.69, 9.17) is 5.73 Å². The molecule has 0 aliphatic heterocycles. The molecule has 0 saturated heterocycles. The zero-order valence-electron chi connectivity index (χ0n) is 9.54. The van der Waals surface area contributed by atoms with Gasteiger partial charge in [-0.15, -0.1) is 0 Å². The van der Waals surface area contributed by atoms with Crippen molar-refractivity contribution in [2.75, 3.05) is 10.6 Å². The maximum absolute atomic E-state index is 6.01. The van der Waals surface area contributed by atoms with E-state index < -0.39 is 0 Å². The highest BCUT2D eigenvalue weighted by Gasteiger charge is 2.30. The van der Waals surface area contributed by atoms with E-state index in [1.165, 1.54) is 18.4 Å². The normalized spacial score (nSPS) is 14.8. The fourth-order valence-corrected chi connectivity index (χ4v) is 2.70. The molecule has 3 nitrogen and oxygen atoms in total. The maximum Gasteiger partial charge on any atom is 0.0738 e. The van der Waals surface area contributed by atoms with E-state index in [1.807, 2.05) is 12.3 Å². The van der Waals surface area contributed by atoms with Gasteiger partial charge >= 0.3 is 0 Å². The number of aromatic nitrogens is 1. The number of hydrogen-bond acceptors (Lipinski definition) is 4. The first-order valence-electron chi connectivity index (χ1n) is 5.82. The van der Waals surface area contributed by atoms with Crippen molar-refractivity contribution in [2.45, 2.75) is 25.4 Å². The molecule has 4 heteroatoms. The quantitative estimate of drug-likeness (QED) is 0.900. The molecule has 0 amide bonds. The molecular formula is C13H15N3S. The molecule has 2 aromatic heterocycles. The number of nitrogens with zero attached hydrogens (tertiary/aromatic N) is 2. The van der Waals surface area contributed by atoms with Crippen LogP contribution in [-0.2, 0) is 6.54 Å². The third kappa shape index (κ3) is 2.26. The lowest BCUT2D eigenvalue weighted by atomic mass is 10.2. The lowest BCUT2D eigenvalue weighted by molar-refractivity contribution is 0.797. The molecule has 0 unspecified atom stereocenters. The minimum Gasteiger partial charge on any atom is -0.396 e. The highest BCUT2D eigenvalue weighted by molar-refractivity contribution is 7.07. The van der Waals surface area contributed by atoms with E-state index in [9.17, 15) is 0 Å². The second-order valence-electron chi connectivity index (χ2n) is 4.43. The van der Waals surface area contributed by atoms with Crippen molar-refractivity contribution in [1.29, 1.82) is 0 Å². The SMILES string of the molecule is Nc1cnccc1N(Cc1ccsc1)C1CC1. The molecule has 2 aromatic rings. The molecule has 88 valence electrons. The van der Waals surface area contributed by atoms with Crippen LogP contribution in [0.25, 0.3) is 0 Å². The highest BCUT2D eigenvalue weighted by atomic mass is 32.1. The first-order valence-corrected chi connectivity index (χ1v) is 6.76. The van der Waals surface area contributed by atoms with Crippen LogP contribution in [0.2, 0.25) is 0 Å². The van der Waals surface area contributed by atoms with Crippen molar-refractivity contribution in [2.24, 2.45) is 0 Å². The monoisotopic (exact) mass is 245 g/mol. The predicted molar refractivity (Wildman–Crippen MR) is 72.2 cm³/mol. The predicted octanol–water partition coefficient (Wildman–Crippen LogP) is 2.89. The Kier molecular flexibility index (Phi) is 2.73. The molecule has 3 rings (SSSR count). The molecule has 0 atom stereocenters. The van der Waals surface area contributed by atoms with Crippen LogP contribution >= 0.6 is 11.3 Å². The van der Waals surface area contributed by atoms with Gasteiger partial charge in [0.05, 0.1) is 17.6 Å². The third-order valence-corrected chi connectivity index (χ3v) is 3.79. The summed E-state index contributed by atoms with van der Waals surface area (Å²) in [4.78, 5) is 6.46. The van der Waals surface area contributed by atoms with Crippen molar-refractivity contribution in [3.63, 3.8) is 0 Å².